The first-order valence-corrected chi connectivity index (χ1v) is 5.05. The number of carbonyl (C=O) groups is 1. The van der Waals surface area contributed by atoms with Crippen LogP contribution in [0.1, 0.15) is 18.1 Å². The summed E-state index contributed by atoms with van der Waals surface area (Å²) in [5, 5.41) is 0. The Bertz CT molecular complexity index is 463. The van der Waals surface area contributed by atoms with E-state index in [0.717, 1.165) is 18.2 Å². The molecule has 0 aromatic heterocycles. The third-order valence-corrected chi connectivity index (χ3v) is 1.98. The predicted octanol–water partition coefficient (Wildman–Crippen LogP) is 2.61. The van der Waals surface area contributed by atoms with E-state index in [2.05, 4.69) is 0 Å². The van der Waals surface area contributed by atoms with E-state index in [-0.39, 0.29) is 17.9 Å². The first-order chi connectivity index (χ1) is 8.29. The Hall–Kier alpha value is -1.98. The maximum Gasteiger partial charge on any atom is 0.416 e. The molecule has 98 valence electrons. The number of halogens is 3. The highest BCUT2D eigenvalue weighted by Crippen LogP contribution is 2.29. The van der Waals surface area contributed by atoms with E-state index in [1.165, 1.54) is 19.1 Å². The Morgan fingerprint density at radius 3 is 2.67 bits per heavy atom. The fourth-order valence-corrected chi connectivity index (χ4v) is 1.22. The van der Waals surface area contributed by atoms with Gasteiger partial charge in [-0.05, 0) is 24.6 Å². The van der Waals surface area contributed by atoms with Gasteiger partial charge in [0, 0.05) is 11.8 Å². The van der Waals surface area contributed by atoms with Gasteiger partial charge in [-0.15, -0.1) is 0 Å². The number of benzene rings is 1. The molecule has 0 aliphatic carbocycles. The molecule has 0 aliphatic heterocycles. The van der Waals surface area contributed by atoms with Crippen LogP contribution in [0.2, 0.25) is 0 Å². The van der Waals surface area contributed by atoms with E-state index in [4.69, 9.17) is 10.5 Å². The number of rotatable bonds is 3. The number of hydrogen-bond acceptors (Lipinski definition) is 3. The van der Waals surface area contributed by atoms with Gasteiger partial charge >= 0.3 is 12.1 Å². The molecular formula is C12H12F3NO2. The van der Waals surface area contributed by atoms with Crippen molar-refractivity contribution in [2.45, 2.75) is 19.7 Å². The van der Waals surface area contributed by atoms with Crippen molar-refractivity contribution in [2.75, 3.05) is 0 Å². The van der Waals surface area contributed by atoms with Gasteiger partial charge in [0.05, 0.1) is 5.56 Å². The Labute approximate surface area is 102 Å². The molecule has 1 aromatic rings. The van der Waals surface area contributed by atoms with Crippen molar-refractivity contribution in [1.29, 1.82) is 0 Å². The van der Waals surface area contributed by atoms with Crippen molar-refractivity contribution in [2.24, 2.45) is 5.73 Å². The zero-order chi connectivity index (χ0) is 13.8. The van der Waals surface area contributed by atoms with Crippen molar-refractivity contribution in [3.05, 3.63) is 47.2 Å². The van der Waals surface area contributed by atoms with Crippen molar-refractivity contribution in [3.8, 4) is 0 Å². The van der Waals surface area contributed by atoms with Gasteiger partial charge in [-0.3, -0.25) is 0 Å². The van der Waals surface area contributed by atoms with Crippen LogP contribution in [0.3, 0.4) is 0 Å². The van der Waals surface area contributed by atoms with Crippen molar-refractivity contribution >= 4 is 5.97 Å². The van der Waals surface area contributed by atoms with Gasteiger partial charge in [-0.2, -0.15) is 13.2 Å². The van der Waals surface area contributed by atoms with Gasteiger partial charge in [-0.25, -0.2) is 4.79 Å². The lowest BCUT2D eigenvalue weighted by Gasteiger charge is -2.08. The Morgan fingerprint density at radius 2 is 2.11 bits per heavy atom. The summed E-state index contributed by atoms with van der Waals surface area (Å²) in [6, 6.07) is 4.60. The molecule has 6 heteroatoms. The Kier molecular flexibility index (Phi) is 4.36. The molecule has 3 nitrogen and oxygen atoms in total. The molecule has 0 amide bonds. The second-order valence-electron chi connectivity index (χ2n) is 3.69. The number of carbonyl (C=O) groups excluding carboxylic acids is 1. The summed E-state index contributed by atoms with van der Waals surface area (Å²) in [6.07, 6.45) is -3.35. The van der Waals surface area contributed by atoms with Gasteiger partial charge in [-0.1, -0.05) is 12.1 Å². The second kappa shape index (κ2) is 5.57. The minimum Gasteiger partial charge on any atom is -0.458 e. The standard InChI is InChI=1S/C12H12F3NO2/c1-8(16)5-11(17)18-7-9-3-2-4-10(6-9)12(13,14)15/h2-6H,7,16H2,1H3/b8-5-. The summed E-state index contributed by atoms with van der Waals surface area (Å²) in [7, 11) is 0. The quantitative estimate of drug-likeness (QED) is 0.670. The van der Waals surface area contributed by atoms with E-state index < -0.39 is 17.7 Å². The number of hydrogen-bond donors (Lipinski definition) is 1. The zero-order valence-electron chi connectivity index (χ0n) is 9.62. The summed E-state index contributed by atoms with van der Waals surface area (Å²) in [5.74, 6) is -0.688. The van der Waals surface area contributed by atoms with E-state index in [9.17, 15) is 18.0 Å². The lowest BCUT2D eigenvalue weighted by Crippen LogP contribution is -2.07. The van der Waals surface area contributed by atoms with Crippen molar-refractivity contribution < 1.29 is 22.7 Å². The van der Waals surface area contributed by atoms with E-state index >= 15 is 0 Å². The van der Waals surface area contributed by atoms with Crippen LogP contribution in [0.5, 0.6) is 0 Å². The SMILES string of the molecule is C/C(N)=C/C(=O)OCc1cccc(C(F)(F)F)c1. The van der Waals surface area contributed by atoms with Gasteiger partial charge in [0.25, 0.3) is 0 Å². The molecule has 0 bridgehead atoms. The summed E-state index contributed by atoms with van der Waals surface area (Å²) >= 11 is 0. The molecule has 0 saturated carbocycles. The molecule has 0 unspecified atom stereocenters. The zero-order valence-corrected chi connectivity index (χ0v) is 9.62. The lowest BCUT2D eigenvalue weighted by atomic mass is 10.1. The summed E-state index contributed by atoms with van der Waals surface area (Å²) in [6.45, 7) is 1.28. The normalized spacial score (nSPS) is 12.3. The number of esters is 1. The summed E-state index contributed by atoms with van der Waals surface area (Å²) < 4.78 is 42.0. The first-order valence-electron chi connectivity index (χ1n) is 5.05. The van der Waals surface area contributed by atoms with Crippen LogP contribution in [0.4, 0.5) is 13.2 Å². The van der Waals surface area contributed by atoms with Crippen molar-refractivity contribution in [3.63, 3.8) is 0 Å². The third-order valence-electron chi connectivity index (χ3n) is 1.98. The highest BCUT2D eigenvalue weighted by molar-refractivity contribution is 5.82. The Morgan fingerprint density at radius 1 is 1.44 bits per heavy atom. The van der Waals surface area contributed by atoms with Crippen LogP contribution in [0.15, 0.2) is 36.0 Å². The number of nitrogens with two attached hydrogens (primary N) is 1. The maximum atomic E-state index is 12.4. The van der Waals surface area contributed by atoms with Gasteiger partial charge in [0.1, 0.15) is 6.61 Å². The molecule has 0 spiro atoms. The molecule has 0 aliphatic rings. The lowest BCUT2D eigenvalue weighted by molar-refractivity contribution is -0.139. The van der Waals surface area contributed by atoms with E-state index in [1.807, 2.05) is 0 Å². The van der Waals surface area contributed by atoms with Gasteiger partial charge in [0.15, 0.2) is 0 Å². The van der Waals surface area contributed by atoms with Crippen molar-refractivity contribution in [1.82, 2.24) is 0 Å². The largest absolute Gasteiger partial charge is 0.458 e. The molecule has 0 atom stereocenters. The first kappa shape index (κ1) is 14.1. The number of ether oxygens (including phenoxy) is 1. The molecular weight excluding hydrogens is 247 g/mol. The molecule has 0 heterocycles. The number of alkyl halides is 3. The number of allylic oxidation sites excluding steroid dienone is 1. The molecule has 2 N–H and O–H groups in total. The average Bonchev–Trinajstić information content (AvgIpc) is 2.25. The Balaban J connectivity index is 2.69. The van der Waals surface area contributed by atoms with Crippen LogP contribution in [0, 0.1) is 0 Å². The molecule has 1 rings (SSSR count). The van der Waals surface area contributed by atoms with Crippen LogP contribution >= 0.6 is 0 Å². The van der Waals surface area contributed by atoms with Crippen LogP contribution in [0.25, 0.3) is 0 Å². The minimum atomic E-state index is -4.41. The smallest absolute Gasteiger partial charge is 0.416 e. The fraction of sp³-hybridized carbons (Fsp3) is 0.250. The highest BCUT2D eigenvalue weighted by Gasteiger charge is 2.30. The molecule has 0 fully saturated rings. The third kappa shape index (κ3) is 4.48. The minimum absolute atomic E-state index is 0.230. The van der Waals surface area contributed by atoms with Crippen LogP contribution in [-0.2, 0) is 22.3 Å². The molecule has 0 radical (unpaired) electrons. The molecule has 18 heavy (non-hydrogen) atoms. The predicted molar refractivity (Wildman–Crippen MR) is 59.2 cm³/mol. The van der Waals surface area contributed by atoms with E-state index in [0.29, 0.717) is 0 Å². The maximum absolute atomic E-state index is 12.4. The summed E-state index contributed by atoms with van der Waals surface area (Å²) in [5.41, 5.74) is 5.01. The average molecular weight is 259 g/mol. The van der Waals surface area contributed by atoms with Gasteiger partial charge < -0.3 is 10.5 Å². The highest BCUT2D eigenvalue weighted by atomic mass is 19.4. The second-order valence-corrected chi connectivity index (χ2v) is 3.69. The molecule has 1 aromatic carbocycles. The topological polar surface area (TPSA) is 52.3 Å². The monoisotopic (exact) mass is 259 g/mol. The van der Waals surface area contributed by atoms with Crippen LogP contribution in [-0.4, -0.2) is 5.97 Å². The van der Waals surface area contributed by atoms with Crippen LogP contribution < -0.4 is 5.73 Å². The summed E-state index contributed by atoms with van der Waals surface area (Å²) in [4.78, 5) is 11.1. The van der Waals surface area contributed by atoms with E-state index in [1.54, 1.807) is 0 Å². The fourth-order valence-electron chi connectivity index (χ4n) is 1.22. The van der Waals surface area contributed by atoms with Gasteiger partial charge in [0.2, 0.25) is 0 Å². The molecule has 0 saturated heterocycles.